The Morgan fingerprint density at radius 1 is 1.36 bits per heavy atom. The van der Waals surface area contributed by atoms with Crippen molar-refractivity contribution in [1.29, 1.82) is 5.41 Å². The zero-order valence-electron chi connectivity index (χ0n) is 8.36. The van der Waals surface area contributed by atoms with E-state index >= 15 is 0 Å². The van der Waals surface area contributed by atoms with Gasteiger partial charge in [0.2, 0.25) is 0 Å². The van der Waals surface area contributed by atoms with Crippen LogP contribution in [-0.2, 0) is 0 Å². The Morgan fingerprint density at radius 2 is 2.07 bits per heavy atom. The molecule has 1 aliphatic rings. The van der Waals surface area contributed by atoms with Gasteiger partial charge in [-0.05, 0) is 19.2 Å². The number of rotatable bonds is 1. The molecular weight excluding hydrogens is 178 g/mol. The largest absolute Gasteiger partial charge is 0.461 e. The van der Waals surface area contributed by atoms with Crippen molar-refractivity contribution in [2.24, 2.45) is 0 Å². The zero-order valence-corrected chi connectivity index (χ0v) is 8.36. The molecule has 0 aliphatic carbocycles. The van der Waals surface area contributed by atoms with Crippen LogP contribution in [0, 0.1) is 5.41 Å². The van der Waals surface area contributed by atoms with Gasteiger partial charge in [0, 0.05) is 26.2 Å². The molecule has 0 bridgehead atoms. The second kappa shape index (κ2) is 3.84. The highest BCUT2D eigenvalue weighted by Crippen LogP contribution is 2.07. The van der Waals surface area contributed by atoms with Gasteiger partial charge in [0.15, 0.2) is 11.6 Å². The van der Waals surface area contributed by atoms with E-state index in [4.69, 9.17) is 9.83 Å². The molecule has 76 valence electrons. The summed E-state index contributed by atoms with van der Waals surface area (Å²) in [6.45, 7) is 3.86. The first-order valence-electron chi connectivity index (χ1n) is 4.83. The lowest BCUT2D eigenvalue weighted by Crippen LogP contribution is -2.47. The van der Waals surface area contributed by atoms with Crippen LogP contribution in [0.2, 0.25) is 0 Å². The number of amidine groups is 1. The van der Waals surface area contributed by atoms with Gasteiger partial charge in [0.25, 0.3) is 0 Å². The molecule has 0 aromatic carbocycles. The van der Waals surface area contributed by atoms with Crippen molar-refractivity contribution in [3.63, 3.8) is 0 Å². The van der Waals surface area contributed by atoms with E-state index in [2.05, 4.69) is 16.8 Å². The van der Waals surface area contributed by atoms with Crippen LogP contribution in [-0.4, -0.2) is 48.9 Å². The molecule has 2 rings (SSSR count). The molecule has 1 aromatic heterocycles. The maximum atomic E-state index is 7.92. The Morgan fingerprint density at radius 3 is 2.64 bits per heavy atom. The number of nitrogens with one attached hydrogen (secondary N) is 1. The molecule has 0 amide bonds. The molecular formula is C10H15N3O. The van der Waals surface area contributed by atoms with E-state index < -0.39 is 0 Å². The summed E-state index contributed by atoms with van der Waals surface area (Å²) < 4.78 is 5.20. The van der Waals surface area contributed by atoms with E-state index in [1.165, 1.54) is 0 Å². The van der Waals surface area contributed by atoms with Crippen LogP contribution >= 0.6 is 0 Å². The Hall–Kier alpha value is -1.29. The lowest BCUT2D eigenvalue weighted by Gasteiger charge is -2.33. The molecule has 1 fully saturated rings. The molecule has 0 unspecified atom stereocenters. The molecule has 4 heteroatoms. The normalized spacial score (nSPS) is 18.5. The molecule has 0 atom stereocenters. The highest BCUT2D eigenvalue weighted by Gasteiger charge is 2.18. The van der Waals surface area contributed by atoms with Gasteiger partial charge in [-0.25, -0.2) is 0 Å². The number of nitrogens with zero attached hydrogens (tertiary/aromatic N) is 2. The molecule has 0 spiro atoms. The van der Waals surface area contributed by atoms with Crippen LogP contribution in [0.3, 0.4) is 0 Å². The summed E-state index contributed by atoms with van der Waals surface area (Å²) in [6.07, 6.45) is 1.61. The van der Waals surface area contributed by atoms with E-state index in [1.54, 1.807) is 6.26 Å². The molecule has 1 aromatic rings. The Bertz CT molecular complexity index is 299. The van der Waals surface area contributed by atoms with Gasteiger partial charge < -0.3 is 14.2 Å². The fourth-order valence-electron chi connectivity index (χ4n) is 1.60. The summed E-state index contributed by atoms with van der Waals surface area (Å²) in [6, 6.07) is 3.65. The monoisotopic (exact) mass is 193 g/mol. The van der Waals surface area contributed by atoms with Crippen LogP contribution in [0.1, 0.15) is 5.76 Å². The van der Waals surface area contributed by atoms with E-state index in [0.29, 0.717) is 11.6 Å². The minimum absolute atomic E-state index is 0.503. The van der Waals surface area contributed by atoms with Crippen molar-refractivity contribution >= 4 is 5.84 Å². The Kier molecular flexibility index (Phi) is 2.54. The molecule has 1 saturated heterocycles. The standard InChI is InChI=1S/C10H15N3O/c1-12-4-6-13(7-5-12)10(11)9-3-2-8-14-9/h2-3,8,11H,4-7H2,1H3. The van der Waals surface area contributed by atoms with Gasteiger partial charge in [-0.15, -0.1) is 0 Å². The molecule has 1 N–H and O–H groups in total. The molecule has 14 heavy (non-hydrogen) atoms. The second-order valence-corrected chi connectivity index (χ2v) is 3.62. The van der Waals surface area contributed by atoms with E-state index in [-0.39, 0.29) is 0 Å². The maximum Gasteiger partial charge on any atom is 0.168 e. The minimum Gasteiger partial charge on any atom is -0.461 e. The molecule has 4 nitrogen and oxygen atoms in total. The predicted octanol–water partition coefficient (Wildman–Crippen LogP) is 0.852. The number of piperazine rings is 1. The predicted molar refractivity (Wildman–Crippen MR) is 54.6 cm³/mol. The fourth-order valence-corrected chi connectivity index (χ4v) is 1.60. The Balaban J connectivity index is 1.99. The van der Waals surface area contributed by atoms with Crippen molar-refractivity contribution in [2.75, 3.05) is 33.2 Å². The average molecular weight is 193 g/mol. The number of likely N-dealkylation sites (N-methyl/N-ethyl adjacent to an activating group) is 1. The first-order valence-corrected chi connectivity index (χ1v) is 4.83. The third-order valence-electron chi connectivity index (χ3n) is 2.57. The van der Waals surface area contributed by atoms with Crippen molar-refractivity contribution in [2.45, 2.75) is 0 Å². The summed E-state index contributed by atoms with van der Waals surface area (Å²) in [5.41, 5.74) is 0. The van der Waals surface area contributed by atoms with Gasteiger partial charge in [0.05, 0.1) is 6.26 Å². The van der Waals surface area contributed by atoms with Crippen LogP contribution in [0.4, 0.5) is 0 Å². The Labute approximate surface area is 83.6 Å². The summed E-state index contributed by atoms with van der Waals surface area (Å²) in [5.74, 6) is 1.16. The van der Waals surface area contributed by atoms with Crippen LogP contribution in [0.5, 0.6) is 0 Å². The average Bonchev–Trinajstić information content (AvgIpc) is 2.71. The highest BCUT2D eigenvalue weighted by atomic mass is 16.3. The van der Waals surface area contributed by atoms with E-state index in [1.807, 2.05) is 12.1 Å². The van der Waals surface area contributed by atoms with Gasteiger partial charge in [-0.1, -0.05) is 0 Å². The highest BCUT2D eigenvalue weighted by molar-refractivity contribution is 5.93. The maximum absolute atomic E-state index is 7.92. The lowest BCUT2D eigenvalue weighted by atomic mass is 10.3. The molecule has 0 saturated carbocycles. The molecule has 0 radical (unpaired) electrons. The van der Waals surface area contributed by atoms with Crippen molar-refractivity contribution in [1.82, 2.24) is 9.80 Å². The number of furan rings is 1. The van der Waals surface area contributed by atoms with Gasteiger partial charge in [-0.3, -0.25) is 5.41 Å². The summed E-state index contributed by atoms with van der Waals surface area (Å²) in [7, 11) is 2.11. The topological polar surface area (TPSA) is 43.5 Å². The quantitative estimate of drug-likeness (QED) is 0.531. The van der Waals surface area contributed by atoms with Crippen LogP contribution in [0.15, 0.2) is 22.8 Å². The van der Waals surface area contributed by atoms with Crippen LogP contribution < -0.4 is 0 Å². The van der Waals surface area contributed by atoms with Crippen molar-refractivity contribution in [3.8, 4) is 0 Å². The summed E-state index contributed by atoms with van der Waals surface area (Å²) in [5, 5.41) is 7.92. The van der Waals surface area contributed by atoms with Crippen molar-refractivity contribution in [3.05, 3.63) is 24.2 Å². The first kappa shape index (κ1) is 9.27. The van der Waals surface area contributed by atoms with Gasteiger partial charge in [-0.2, -0.15) is 0 Å². The summed E-state index contributed by atoms with van der Waals surface area (Å²) in [4.78, 5) is 4.32. The van der Waals surface area contributed by atoms with Crippen molar-refractivity contribution < 1.29 is 4.42 Å². The second-order valence-electron chi connectivity index (χ2n) is 3.62. The lowest BCUT2D eigenvalue weighted by molar-refractivity contribution is 0.213. The first-order chi connectivity index (χ1) is 6.77. The van der Waals surface area contributed by atoms with E-state index in [0.717, 1.165) is 26.2 Å². The summed E-state index contributed by atoms with van der Waals surface area (Å²) >= 11 is 0. The number of hydrogen-bond donors (Lipinski definition) is 1. The third kappa shape index (κ3) is 1.80. The molecule has 2 heterocycles. The smallest absolute Gasteiger partial charge is 0.168 e. The minimum atomic E-state index is 0.503. The fraction of sp³-hybridized carbons (Fsp3) is 0.500. The SMILES string of the molecule is CN1CCN(C(=N)c2ccco2)CC1. The third-order valence-corrected chi connectivity index (χ3v) is 2.57. The molecule has 1 aliphatic heterocycles. The van der Waals surface area contributed by atoms with Crippen LogP contribution in [0.25, 0.3) is 0 Å². The zero-order chi connectivity index (χ0) is 9.97. The van der Waals surface area contributed by atoms with E-state index in [9.17, 15) is 0 Å². The number of hydrogen-bond acceptors (Lipinski definition) is 3. The van der Waals surface area contributed by atoms with Gasteiger partial charge in [0.1, 0.15) is 0 Å². The van der Waals surface area contributed by atoms with Gasteiger partial charge >= 0.3 is 0 Å².